The molecule has 0 bridgehead atoms. The molecule has 1 amide bonds. The fourth-order valence-electron chi connectivity index (χ4n) is 1.12. The molecule has 1 aromatic carbocycles. The highest BCUT2D eigenvalue weighted by molar-refractivity contribution is 6.01. The largest absolute Gasteiger partial charge is 0.411 e. The summed E-state index contributed by atoms with van der Waals surface area (Å²) in [6, 6.07) is 9.17. The second-order valence-electron chi connectivity index (χ2n) is 2.88. The lowest BCUT2D eigenvalue weighted by molar-refractivity contribution is -0.117. The van der Waals surface area contributed by atoms with Gasteiger partial charge in [-0.1, -0.05) is 35.5 Å². The summed E-state index contributed by atoms with van der Waals surface area (Å²) in [6.45, 7) is 0. The molecule has 0 aromatic heterocycles. The average molecular weight is 192 g/mol. The van der Waals surface area contributed by atoms with Crippen LogP contribution < -0.4 is 5.73 Å². The minimum Gasteiger partial charge on any atom is -0.411 e. The van der Waals surface area contributed by atoms with E-state index in [-0.39, 0.29) is 6.42 Å². The normalized spacial score (nSPS) is 11.3. The van der Waals surface area contributed by atoms with E-state index in [9.17, 15) is 4.79 Å². The first-order valence-corrected chi connectivity index (χ1v) is 4.28. The van der Waals surface area contributed by atoms with E-state index < -0.39 is 5.91 Å². The number of benzene rings is 1. The quantitative estimate of drug-likeness (QED) is 0.426. The van der Waals surface area contributed by atoms with E-state index in [0.29, 0.717) is 12.1 Å². The smallest absolute Gasteiger partial charge is 0.217 e. The number of carbonyl (C=O) groups is 1. The van der Waals surface area contributed by atoms with Gasteiger partial charge in [-0.2, -0.15) is 0 Å². The number of rotatable bonds is 4. The Morgan fingerprint density at radius 1 is 1.29 bits per heavy atom. The lowest BCUT2D eigenvalue weighted by Gasteiger charge is -2.01. The zero-order valence-electron chi connectivity index (χ0n) is 7.68. The molecule has 0 aliphatic carbocycles. The van der Waals surface area contributed by atoms with Crippen molar-refractivity contribution >= 4 is 11.6 Å². The zero-order chi connectivity index (χ0) is 10.4. The molecular formula is C10H12N2O2. The molecule has 3 N–H and O–H groups in total. The second-order valence-corrected chi connectivity index (χ2v) is 2.88. The molecule has 0 unspecified atom stereocenters. The number of carbonyl (C=O) groups excluding carboxylic acids is 1. The maximum Gasteiger partial charge on any atom is 0.217 e. The van der Waals surface area contributed by atoms with E-state index in [0.717, 1.165) is 5.56 Å². The van der Waals surface area contributed by atoms with E-state index in [1.807, 2.05) is 30.3 Å². The Bertz CT molecular complexity index is 333. The average Bonchev–Trinajstić information content (AvgIpc) is 2.20. The number of nitrogens with two attached hydrogens (primary N) is 1. The van der Waals surface area contributed by atoms with Gasteiger partial charge in [-0.05, 0) is 5.56 Å². The third-order valence-corrected chi connectivity index (χ3v) is 1.84. The van der Waals surface area contributed by atoms with Crippen molar-refractivity contribution < 1.29 is 10.0 Å². The van der Waals surface area contributed by atoms with Crippen LogP contribution >= 0.6 is 0 Å². The van der Waals surface area contributed by atoms with Crippen molar-refractivity contribution in [2.24, 2.45) is 10.9 Å². The molecule has 0 aliphatic rings. The van der Waals surface area contributed by atoms with Gasteiger partial charge in [-0.25, -0.2) is 0 Å². The standard InChI is InChI=1S/C10H12N2O2/c11-10(13)7-6-9(12-14)8-4-2-1-3-5-8/h1-5,14H,6-7H2,(H2,11,13). The van der Waals surface area contributed by atoms with Crippen molar-refractivity contribution in [3.05, 3.63) is 35.9 Å². The second kappa shape index (κ2) is 5.01. The maximum atomic E-state index is 10.5. The summed E-state index contributed by atoms with van der Waals surface area (Å²) in [4.78, 5) is 10.5. The summed E-state index contributed by atoms with van der Waals surface area (Å²) >= 11 is 0. The Morgan fingerprint density at radius 2 is 1.93 bits per heavy atom. The van der Waals surface area contributed by atoms with E-state index >= 15 is 0 Å². The van der Waals surface area contributed by atoms with Gasteiger partial charge >= 0.3 is 0 Å². The van der Waals surface area contributed by atoms with Crippen LogP contribution in [0.1, 0.15) is 18.4 Å². The molecule has 0 atom stereocenters. The van der Waals surface area contributed by atoms with Crippen LogP contribution in [-0.4, -0.2) is 16.8 Å². The SMILES string of the molecule is NC(=O)CCC(=NO)c1ccccc1. The minimum absolute atomic E-state index is 0.189. The first-order valence-electron chi connectivity index (χ1n) is 4.28. The molecule has 0 aliphatic heterocycles. The van der Waals surface area contributed by atoms with Gasteiger partial charge in [-0.15, -0.1) is 0 Å². The van der Waals surface area contributed by atoms with Gasteiger partial charge in [0.15, 0.2) is 0 Å². The van der Waals surface area contributed by atoms with Crippen molar-refractivity contribution in [2.75, 3.05) is 0 Å². The van der Waals surface area contributed by atoms with Crippen molar-refractivity contribution in [2.45, 2.75) is 12.8 Å². The van der Waals surface area contributed by atoms with Crippen LogP contribution in [0.2, 0.25) is 0 Å². The maximum absolute atomic E-state index is 10.5. The van der Waals surface area contributed by atoms with Crippen LogP contribution in [0.3, 0.4) is 0 Å². The third kappa shape index (κ3) is 2.90. The van der Waals surface area contributed by atoms with Gasteiger partial charge in [0.25, 0.3) is 0 Å². The van der Waals surface area contributed by atoms with Crippen LogP contribution in [0.15, 0.2) is 35.5 Å². The molecule has 1 rings (SSSR count). The van der Waals surface area contributed by atoms with Gasteiger partial charge in [-0.3, -0.25) is 4.79 Å². The molecular weight excluding hydrogens is 180 g/mol. The Balaban J connectivity index is 2.69. The van der Waals surface area contributed by atoms with Crippen molar-refractivity contribution in [3.8, 4) is 0 Å². The predicted molar refractivity (Wildman–Crippen MR) is 53.2 cm³/mol. The third-order valence-electron chi connectivity index (χ3n) is 1.84. The highest BCUT2D eigenvalue weighted by atomic mass is 16.4. The fourth-order valence-corrected chi connectivity index (χ4v) is 1.12. The molecule has 0 spiro atoms. The lowest BCUT2D eigenvalue weighted by atomic mass is 10.1. The Labute approximate surface area is 82.0 Å². The summed E-state index contributed by atoms with van der Waals surface area (Å²) in [6.07, 6.45) is 0.546. The molecule has 0 saturated carbocycles. The number of hydrogen-bond acceptors (Lipinski definition) is 3. The van der Waals surface area contributed by atoms with Crippen molar-refractivity contribution in [3.63, 3.8) is 0 Å². The van der Waals surface area contributed by atoms with Gasteiger partial charge in [0.2, 0.25) is 5.91 Å². The topological polar surface area (TPSA) is 75.7 Å². The molecule has 0 radical (unpaired) electrons. The summed E-state index contributed by atoms with van der Waals surface area (Å²) in [5.41, 5.74) is 6.28. The van der Waals surface area contributed by atoms with Crippen LogP contribution in [0.4, 0.5) is 0 Å². The van der Waals surface area contributed by atoms with E-state index in [2.05, 4.69) is 5.16 Å². The highest BCUT2D eigenvalue weighted by Crippen LogP contribution is 2.05. The number of primary amides is 1. The molecule has 1 aromatic rings. The molecule has 74 valence electrons. The van der Waals surface area contributed by atoms with Crippen molar-refractivity contribution in [1.29, 1.82) is 0 Å². The van der Waals surface area contributed by atoms with E-state index in [1.165, 1.54) is 0 Å². The van der Waals surface area contributed by atoms with Crippen LogP contribution in [0.25, 0.3) is 0 Å². The highest BCUT2D eigenvalue weighted by Gasteiger charge is 2.05. The van der Waals surface area contributed by atoms with Crippen LogP contribution in [0, 0.1) is 0 Å². The van der Waals surface area contributed by atoms with Gasteiger partial charge in [0.1, 0.15) is 0 Å². The first kappa shape index (κ1) is 10.2. The zero-order valence-corrected chi connectivity index (χ0v) is 7.68. The Kier molecular flexibility index (Phi) is 3.67. The Morgan fingerprint density at radius 3 is 2.43 bits per heavy atom. The molecule has 4 heteroatoms. The first-order chi connectivity index (χ1) is 6.74. The molecule has 0 fully saturated rings. The minimum atomic E-state index is -0.401. The molecule has 0 saturated heterocycles. The number of hydrogen-bond donors (Lipinski definition) is 2. The van der Waals surface area contributed by atoms with Crippen molar-refractivity contribution in [1.82, 2.24) is 0 Å². The molecule has 14 heavy (non-hydrogen) atoms. The summed E-state index contributed by atoms with van der Waals surface area (Å²) < 4.78 is 0. The predicted octanol–water partition coefficient (Wildman–Crippen LogP) is 1.13. The fraction of sp³-hybridized carbons (Fsp3) is 0.200. The summed E-state index contributed by atoms with van der Waals surface area (Å²) in [5, 5.41) is 11.9. The number of amides is 1. The van der Waals surface area contributed by atoms with E-state index in [1.54, 1.807) is 0 Å². The lowest BCUT2D eigenvalue weighted by Crippen LogP contribution is -2.13. The number of oxime groups is 1. The van der Waals surface area contributed by atoms with Gasteiger partial charge in [0.05, 0.1) is 5.71 Å². The summed E-state index contributed by atoms with van der Waals surface area (Å²) in [7, 11) is 0. The van der Waals surface area contributed by atoms with Gasteiger partial charge in [0, 0.05) is 12.8 Å². The van der Waals surface area contributed by atoms with E-state index in [4.69, 9.17) is 10.9 Å². The van der Waals surface area contributed by atoms with Gasteiger partial charge < -0.3 is 10.9 Å². The summed E-state index contributed by atoms with van der Waals surface area (Å²) in [5.74, 6) is -0.401. The molecule has 4 nitrogen and oxygen atoms in total. The number of nitrogens with zero attached hydrogens (tertiary/aromatic N) is 1. The Hall–Kier alpha value is -1.84. The molecule has 0 heterocycles. The van der Waals surface area contributed by atoms with Crippen LogP contribution in [-0.2, 0) is 4.79 Å². The van der Waals surface area contributed by atoms with Crippen LogP contribution in [0.5, 0.6) is 0 Å². The monoisotopic (exact) mass is 192 g/mol.